The van der Waals surface area contributed by atoms with Crippen molar-refractivity contribution >= 4 is 22.6 Å². The van der Waals surface area contributed by atoms with Crippen molar-refractivity contribution in [3.05, 3.63) is 21.7 Å². The summed E-state index contributed by atoms with van der Waals surface area (Å²) in [4.78, 5) is 0. The first kappa shape index (κ1) is 7.91. The lowest BCUT2D eigenvalue weighted by Gasteiger charge is -2.12. The maximum absolute atomic E-state index is 5.24. The molecule has 0 aromatic carbocycles. The first-order valence-corrected chi connectivity index (χ1v) is 4.15. The van der Waals surface area contributed by atoms with E-state index in [4.69, 9.17) is 9.47 Å². The molecule has 0 atom stereocenters. The van der Waals surface area contributed by atoms with Gasteiger partial charge in [0, 0.05) is 0 Å². The van der Waals surface area contributed by atoms with E-state index in [1.54, 1.807) is 6.26 Å². The Bertz CT molecular complexity index is 168. The van der Waals surface area contributed by atoms with Crippen LogP contribution in [0, 0.1) is 0 Å². The van der Waals surface area contributed by atoms with E-state index in [2.05, 4.69) is 22.6 Å². The Hall–Kier alpha value is -0.190. The Morgan fingerprint density at radius 2 is 2.50 bits per heavy atom. The number of hydrogen-bond acceptors (Lipinski definition) is 2. The van der Waals surface area contributed by atoms with Crippen LogP contribution in [0.4, 0.5) is 0 Å². The summed E-state index contributed by atoms with van der Waals surface area (Å²) in [6, 6.07) is 0. The topological polar surface area (TPSA) is 18.5 Å². The van der Waals surface area contributed by atoms with Gasteiger partial charge in [0.1, 0.15) is 19.5 Å². The smallest absolute Gasteiger partial charge is 0.154 e. The standard InChI is InChI=1S/C7H9IO2/c1-6(8)4-7-5-9-2-3-10-7/h4-5H,2-3H2,1H3/b6-4+. The molecule has 2 nitrogen and oxygen atoms in total. The van der Waals surface area contributed by atoms with Gasteiger partial charge in [-0.2, -0.15) is 0 Å². The normalized spacial score (nSPS) is 19.0. The van der Waals surface area contributed by atoms with Gasteiger partial charge >= 0.3 is 0 Å². The molecule has 1 heterocycles. The Morgan fingerprint density at radius 1 is 1.70 bits per heavy atom. The van der Waals surface area contributed by atoms with Crippen molar-refractivity contribution in [3.8, 4) is 0 Å². The largest absolute Gasteiger partial charge is 0.494 e. The van der Waals surface area contributed by atoms with Crippen LogP contribution >= 0.6 is 22.6 Å². The minimum atomic E-state index is 0.659. The van der Waals surface area contributed by atoms with Gasteiger partial charge in [0.05, 0.1) is 0 Å². The van der Waals surface area contributed by atoms with E-state index in [1.165, 1.54) is 3.58 Å². The zero-order valence-electron chi connectivity index (χ0n) is 5.76. The van der Waals surface area contributed by atoms with Gasteiger partial charge in [-0.25, -0.2) is 0 Å². The van der Waals surface area contributed by atoms with E-state index in [0.29, 0.717) is 13.2 Å². The van der Waals surface area contributed by atoms with Gasteiger partial charge < -0.3 is 9.47 Å². The molecular formula is C7H9IO2. The molecule has 0 saturated heterocycles. The predicted molar refractivity (Wildman–Crippen MR) is 47.8 cm³/mol. The van der Waals surface area contributed by atoms with Gasteiger partial charge in [-0.05, 0) is 39.2 Å². The van der Waals surface area contributed by atoms with E-state index in [1.807, 2.05) is 13.0 Å². The van der Waals surface area contributed by atoms with Crippen molar-refractivity contribution in [2.24, 2.45) is 0 Å². The molecule has 3 heteroatoms. The molecule has 0 saturated carbocycles. The lowest BCUT2D eigenvalue weighted by Crippen LogP contribution is -2.06. The van der Waals surface area contributed by atoms with Crippen molar-refractivity contribution in [2.45, 2.75) is 6.92 Å². The molecule has 0 aromatic heterocycles. The third kappa shape index (κ3) is 2.60. The van der Waals surface area contributed by atoms with Crippen molar-refractivity contribution in [1.29, 1.82) is 0 Å². The van der Waals surface area contributed by atoms with E-state index in [9.17, 15) is 0 Å². The summed E-state index contributed by atoms with van der Waals surface area (Å²) in [6.45, 7) is 3.34. The van der Waals surface area contributed by atoms with Gasteiger partial charge in [-0.15, -0.1) is 0 Å². The number of allylic oxidation sites excluding steroid dienone is 2. The Kier molecular flexibility index (Phi) is 3.05. The van der Waals surface area contributed by atoms with E-state index < -0.39 is 0 Å². The molecule has 0 bridgehead atoms. The summed E-state index contributed by atoms with van der Waals surface area (Å²) < 4.78 is 11.5. The molecule has 0 amide bonds. The van der Waals surface area contributed by atoms with Crippen LogP contribution < -0.4 is 0 Å². The highest BCUT2D eigenvalue weighted by molar-refractivity contribution is 14.1. The van der Waals surface area contributed by atoms with Crippen LogP contribution in [0.3, 0.4) is 0 Å². The fraction of sp³-hybridized carbons (Fsp3) is 0.429. The number of ether oxygens (including phenoxy) is 2. The van der Waals surface area contributed by atoms with Crippen molar-refractivity contribution in [3.63, 3.8) is 0 Å². The first-order valence-electron chi connectivity index (χ1n) is 3.07. The number of halogens is 1. The highest BCUT2D eigenvalue weighted by atomic mass is 127. The molecule has 0 N–H and O–H groups in total. The molecule has 0 radical (unpaired) electrons. The van der Waals surface area contributed by atoms with Crippen molar-refractivity contribution in [1.82, 2.24) is 0 Å². The van der Waals surface area contributed by atoms with Gasteiger partial charge in [-0.3, -0.25) is 0 Å². The van der Waals surface area contributed by atoms with Crippen LogP contribution in [0.15, 0.2) is 21.7 Å². The first-order chi connectivity index (χ1) is 4.79. The zero-order valence-corrected chi connectivity index (χ0v) is 7.92. The second kappa shape index (κ2) is 3.85. The van der Waals surface area contributed by atoms with Crippen LogP contribution in [0.5, 0.6) is 0 Å². The van der Waals surface area contributed by atoms with Crippen LogP contribution in [0.2, 0.25) is 0 Å². The maximum atomic E-state index is 5.24. The summed E-state index contributed by atoms with van der Waals surface area (Å²) in [6.07, 6.45) is 3.59. The highest BCUT2D eigenvalue weighted by Crippen LogP contribution is 2.12. The monoisotopic (exact) mass is 252 g/mol. The number of rotatable bonds is 1. The average molecular weight is 252 g/mol. The molecule has 10 heavy (non-hydrogen) atoms. The maximum Gasteiger partial charge on any atom is 0.154 e. The van der Waals surface area contributed by atoms with E-state index in [-0.39, 0.29) is 0 Å². The molecule has 0 aliphatic carbocycles. The van der Waals surface area contributed by atoms with E-state index >= 15 is 0 Å². The van der Waals surface area contributed by atoms with Crippen molar-refractivity contribution < 1.29 is 9.47 Å². The summed E-state index contributed by atoms with van der Waals surface area (Å²) in [7, 11) is 0. The Balaban J connectivity index is 2.54. The molecule has 0 spiro atoms. The van der Waals surface area contributed by atoms with Crippen LogP contribution in [0.25, 0.3) is 0 Å². The molecule has 1 aliphatic heterocycles. The Labute approximate surface area is 74.0 Å². The van der Waals surface area contributed by atoms with Crippen LogP contribution in [0.1, 0.15) is 6.92 Å². The molecular weight excluding hydrogens is 243 g/mol. The quantitative estimate of drug-likeness (QED) is 0.666. The summed E-state index contributed by atoms with van der Waals surface area (Å²) in [5.41, 5.74) is 0. The molecule has 0 unspecified atom stereocenters. The minimum absolute atomic E-state index is 0.659. The summed E-state index contributed by atoms with van der Waals surface area (Å²) in [5, 5.41) is 0. The van der Waals surface area contributed by atoms with E-state index in [0.717, 1.165) is 5.76 Å². The third-order valence-corrected chi connectivity index (χ3v) is 1.32. The molecule has 0 aromatic rings. The van der Waals surface area contributed by atoms with Gasteiger partial charge in [0.25, 0.3) is 0 Å². The fourth-order valence-corrected chi connectivity index (χ4v) is 0.961. The lowest BCUT2D eigenvalue weighted by molar-refractivity contribution is 0.0920. The number of hydrogen-bond donors (Lipinski definition) is 0. The molecule has 1 aliphatic rings. The Morgan fingerprint density at radius 3 is 3.00 bits per heavy atom. The van der Waals surface area contributed by atoms with Crippen molar-refractivity contribution in [2.75, 3.05) is 13.2 Å². The second-order valence-electron chi connectivity index (χ2n) is 1.97. The zero-order chi connectivity index (χ0) is 7.40. The SMILES string of the molecule is C/C(I)=C\C1=COCCO1. The fourth-order valence-electron chi connectivity index (χ4n) is 0.654. The van der Waals surface area contributed by atoms with Crippen LogP contribution in [-0.2, 0) is 9.47 Å². The lowest BCUT2D eigenvalue weighted by atomic mass is 10.4. The van der Waals surface area contributed by atoms with Gasteiger partial charge in [0.15, 0.2) is 5.76 Å². The summed E-state index contributed by atoms with van der Waals surface area (Å²) >= 11 is 2.23. The van der Waals surface area contributed by atoms with Gasteiger partial charge in [0.2, 0.25) is 0 Å². The third-order valence-electron chi connectivity index (χ3n) is 1.01. The molecule has 56 valence electrons. The van der Waals surface area contributed by atoms with Crippen LogP contribution in [-0.4, -0.2) is 13.2 Å². The molecule has 0 fully saturated rings. The predicted octanol–water partition coefficient (Wildman–Crippen LogP) is 2.21. The summed E-state index contributed by atoms with van der Waals surface area (Å²) in [5.74, 6) is 0.818. The van der Waals surface area contributed by atoms with Gasteiger partial charge in [-0.1, -0.05) is 0 Å². The molecule has 1 rings (SSSR count). The second-order valence-corrected chi connectivity index (χ2v) is 3.67. The minimum Gasteiger partial charge on any atom is -0.494 e. The average Bonchev–Trinajstić information content (AvgIpc) is 1.88. The highest BCUT2D eigenvalue weighted by Gasteiger charge is 2.00.